The Hall–Kier alpha value is -0.0800. The van der Waals surface area contributed by atoms with Gasteiger partial charge in [-0.3, -0.25) is 0 Å². The molecule has 0 aromatic carbocycles. The van der Waals surface area contributed by atoms with Crippen LogP contribution in [0.2, 0.25) is 0 Å². The van der Waals surface area contributed by atoms with Gasteiger partial charge in [0, 0.05) is 6.61 Å². The Kier molecular flexibility index (Phi) is 1.54. The van der Waals surface area contributed by atoms with Crippen molar-refractivity contribution in [3.05, 3.63) is 0 Å². The topological polar surface area (TPSA) is 44.2 Å². The first-order chi connectivity index (χ1) is 3.45. The van der Waals surface area contributed by atoms with Crippen molar-refractivity contribution in [1.82, 2.24) is 6.15 Å². The molecule has 3 aliphatic rings. The van der Waals surface area contributed by atoms with Gasteiger partial charge in [-0.25, -0.2) is 0 Å². The fourth-order valence-corrected chi connectivity index (χ4v) is 1.45. The van der Waals surface area contributed by atoms with E-state index in [2.05, 4.69) is 0 Å². The van der Waals surface area contributed by atoms with Crippen molar-refractivity contribution in [3.63, 3.8) is 0 Å². The van der Waals surface area contributed by atoms with E-state index in [1.165, 1.54) is 19.3 Å². The summed E-state index contributed by atoms with van der Waals surface area (Å²) in [5.41, 5.74) is 0. The highest BCUT2D eigenvalue weighted by Crippen LogP contribution is 2.36. The highest BCUT2D eigenvalue weighted by Gasteiger charge is 2.33. The molecule has 0 amide bonds. The van der Waals surface area contributed by atoms with Crippen molar-refractivity contribution in [1.29, 1.82) is 0 Å². The summed E-state index contributed by atoms with van der Waals surface area (Å²) in [6.07, 6.45) is 4.73. The Labute approximate surface area is 49.8 Å². The molecule has 1 aliphatic carbocycles. The largest absolute Gasteiger partial charge is 0.378 e. The van der Waals surface area contributed by atoms with Crippen LogP contribution < -0.4 is 6.15 Å². The molecule has 2 nitrogen and oxygen atoms in total. The molecule has 3 N–H and O–H groups in total. The van der Waals surface area contributed by atoms with Crippen LogP contribution >= 0.6 is 0 Å². The van der Waals surface area contributed by atoms with E-state index in [1.54, 1.807) is 0 Å². The molecule has 3 rings (SSSR count). The summed E-state index contributed by atoms with van der Waals surface area (Å²) < 4.78 is 5.34. The predicted octanol–water partition coefficient (Wildman–Crippen LogP) is 1.35. The van der Waals surface area contributed by atoms with Crippen molar-refractivity contribution in [2.24, 2.45) is 5.92 Å². The molecule has 0 aromatic rings. The molecule has 2 aliphatic heterocycles. The van der Waals surface area contributed by atoms with Crippen LogP contribution in [0.4, 0.5) is 0 Å². The van der Waals surface area contributed by atoms with E-state index in [9.17, 15) is 0 Å². The van der Waals surface area contributed by atoms with Gasteiger partial charge in [0.05, 0.1) is 6.10 Å². The maximum absolute atomic E-state index is 5.34. The van der Waals surface area contributed by atoms with Crippen LogP contribution in [-0.4, -0.2) is 12.7 Å². The van der Waals surface area contributed by atoms with Gasteiger partial charge in [0.15, 0.2) is 0 Å². The predicted molar refractivity (Wildman–Crippen MR) is 32.1 cm³/mol. The first-order valence-corrected chi connectivity index (χ1v) is 3.07. The third-order valence-corrected chi connectivity index (χ3v) is 2.07. The van der Waals surface area contributed by atoms with Crippen LogP contribution in [0, 0.1) is 5.92 Å². The zero-order chi connectivity index (χ0) is 4.69. The second-order valence-electron chi connectivity index (χ2n) is 2.62. The molecule has 0 unspecified atom stereocenters. The summed E-state index contributed by atoms with van der Waals surface area (Å²) in [6, 6.07) is 0. The summed E-state index contributed by atoms with van der Waals surface area (Å²) in [5.74, 6) is 1.05. The Bertz CT molecular complexity index is 65.1. The van der Waals surface area contributed by atoms with Crippen molar-refractivity contribution in [2.75, 3.05) is 6.61 Å². The zero-order valence-corrected chi connectivity index (χ0v) is 5.10. The SMILES string of the molecule is C1CC2CC(C2)O1.N. The quantitative estimate of drug-likeness (QED) is 0.518. The minimum atomic E-state index is 0. The average molecular weight is 115 g/mol. The lowest BCUT2D eigenvalue weighted by Crippen LogP contribution is -2.37. The van der Waals surface area contributed by atoms with Gasteiger partial charge >= 0.3 is 0 Å². The Morgan fingerprint density at radius 1 is 1.25 bits per heavy atom. The monoisotopic (exact) mass is 115 g/mol. The van der Waals surface area contributed by atoms with Gasteiger partial charge in [-0.2, -0.15) is 0 Å². The number of fused-ring (bicyclic) bond motifs is 2. The van der Waals surface area contributed by atoms with Gasteiger partial charge in [0.2, 0.25) is 0 Å². The fraction of sp³-hybridized carbons (Fsp3) is 1.00. The first kappa shape index (κ1) is 6.05. The molecule has 2 heterocycles. The molecule has 1 saturated carbocycles. The van der Waals surface area contributed by atoms with E-state index < -0.39 is 0 Å². The fourth-order valence-electron chi connectivity index (χ4n) is 1.45. The molecule has 2 bridgehead atoms. The molecule has 0 aromatic heterocycles. The Morgan fingerprint density at radius 3 is 2.12 bits per heavy atom. The van der Waals surface area contributed by atoms with E-state index >= 15 is 0 Å². The minimum absolute atomic E-state index is 0. The third kappa shape index (κ3) is 0.740. The van der Waals surface area contributed by atoms with Crippen molar-refractivity contribution in [3.8, 4) is 0 Å². The highest BCUT2D eigenvalue weighted by atomic mass is 16.5. The van der Waals surface area contributed by atoms with Crippen LogP contribution in [0.5, 0.6) is 0 Å². The number of hydrogen-bond donors (Lipinski definition) is 1. The minimum Gasteiger partial charge on any atom is -0.378 e. The van der Waals surface area contributed by atoms with Gasteiger partial charge in [0.1, 0.15) is 0 Å². The standard InChI is InChI=1S/C6H10O.H3N/c1-2-7-6-3-5(1)4-6;/h5-6H,1-4H2;1H3. The van der Waals surface area contributed by atoms with Gasteiger partial charge in [-0.15, -0.1) is 0 Å². The molecule has 0 atom stereocenters. The molecule has 48 valence electrons. The van der Waals surface area contributed by atoms with E-state index in [0.29, 0.717) is 6.10 Å². The van der Waals surface area contributed by atoms with E-state index in [-0.39, 0.29) is 6.15 Å². The van der Waals surface area contributed by atoms with E-state index in [4.69, 9.17) is 4.74 Å². The van der Waals surface area contributed by atoms with Crippen LogP contribution in [0.1, 0.15) is 19.3 Å². The van der Waals surface area contributed by atoms with E-state index in [1.807, 2.05) is 0 Å². The van der Waals surface area contributed by atoms with Gasteiger partial charge in [-0.1, -0.05) is 0 Å². The Morgan fingerprint density at radius 2 is 2.00 bits per heavy atom. The molecule has 0 spiro atoms. The number of rotatable bonds is 0. The maximum Gasteiger partial charge on any atom is 0.0580 e. The lowest BCUT2D eigenvalue weighted by atomic mass is 9.78. The number of hydrogen-bond acceptors (Lipinski definition) is 2. The first-order valence-electron chi connectivity index (χ1n) is 3.07. The summed E-state index contributed by atoms with van der Waals surface area (Å²) in [5, 5.41) is 0. The molecule has 2 saturated heterocycles. The second-order valence-corrected chi connectivity index (χ2v) is 2.62. The highest BCUT2D eigenvalue weighted by molar-refractivity contribution is 4.83. The van der Waals surface area contributed by atoms with Crippen molar-refractivity contribution >= 4 is 0 Å². The van der Waals surface area contributed by atoms with Gasteiger partial charge < -0.3 is 10.9 Å². The van der Waals surface area contributed by atoms with Crippen LogP contribution in [-0.2, 0) is 4.74 Å². The second kappa shape index (κ2) is 2.03. The normalized spacial score (nSPS) is 42.0. The zero-order valence-electron chi connectivity index (χ0n) is 5.10. The van der Waals surface area contributed by atoms with Crippen molar-refractivity contribution < 1.29 is 4.74 Å². The number of ether oxygens (including phenoxy) is 1. The lowest BCUT2D eigenvalue weighted by Gasteiger charge is -2.40. The summed E-state index contributed by atoms with van der Waals surface area (Å²) >= 11 is 0. The summed E-state index contributed by atoms with van der Waals surface area (Å²) in [6.45, 7) is 1.04. The Balaban J connectivity index is 0.000000320. The summed E-state index contributed by atoms with van der Waals surface area (Å²) in [4.78, 5) is 0. The lowest BCUT2D eigenvalue weighted by molar-refractivity contribution is -0.0887. The average Bonchev–Trinajstić information content (AvgIpc) is 1.67. The smallest absolute Gasteiger partial charge is 0.0580 e. The molecule has 2 heteroatoms. The van der Waals surface area contributed by atoms with Crippen molar-refractivity contribution in [2.45, 2.75) is 25.4 Å². The van der Waals surface area contributed by atoms with Crippen LogP contribution in [0.25, 0.3) is 0 Å². The van der Waals surface area contributed by atoms with Crippen LogP contribution in [0.3, 0.4) is 0 Å². The molecule has 0 radical (unpaired) electrons. The van der Waals surface area contributed by atoms with Gasteiger partial charge in [-0.05, 0) is 25.2 Å². The van der Waals surface area contributed by atoms with Crippen LogP contribution in [0.15, 0.2) is 0 Å². The molecule has 8 heavy (non-hydrogen) atoms. The molecule has 3 fully saturated rings. The molecular weight excluding hydrogens is 102 g/mol. The summed E-state index contributed by atoms with van der Waals surface area (Å²) in [7, 11) is 0. The third-order valence-electron chi connectivity index (χ3n) is 2.07. The van der Waals surface area contributed by atoms with Gasteiger partial charge in [0.25, 0.3) is 0 Å². The van der Waals surface area contributed by atoms with E-state index in [0.717, 1.165) is 12.5 Å². The molecular formula is C6H13NO. The maximum atomic E-state index is 5.34.